The molecule has 1 saturated heterocycles. The van der Waals surface area contributed by atoms with Crippen LogP contribution in [0.15, 0.2) is 40.9 Å². The molecular weight excluding hydrogens is 465 g/mol. The Morgan fingerprint density at radius 1 is 1.17 bits per heavy atom. The van der Waals surface area contributed by atoms with Crippen LogP contribution in [0.5, 0.6) is 11.5 Å². The maximum atomic E-state index is 14.7. The second kappa shape index (κ2) is 7.95. The molecule has 9 heteroatoms. The number of nitrogens with zero attached hydrogens (tertiary/aromatic N) is 1. The number of sulfone groups is 1. The van der Waals surface area contributed by atoms with Crippen molar-refractivity contribution in [2.75, 3.05) is 25.7 Å². The highest BCUT2D eigenvalue weighted by molar-refractivity contribution is 9.10. The molecule has 1 aliphatic heterocycles. The van der Waals surface area contributed by atoms with Crippen LogP contribution in [0.1, 0.15) is 18.1 Å². The summed E-state index contributed by atoms with van der Waals surface area (Å²) in [7, 11) is -0.671. The minimum atomic E-state index is -3.69. The van der Waals surface area contributed by atoms with E-state index in [0.717, 1.165) is 0 Å². The quantitative estimate of drug-likeness (QED) is 0.649. The van der Waals surface area contributed by atoms with Gasteiger partial charge in [0.2, 0.25) is 5.91 Å². The molecule has 6 nitrogen and oxygen atoms in total. The summed E-state index contributed by atoms with van der Waals surface area (Å²) < 4.78 is 50.8. The summed E-state index contributed by atoms with van der Waals surface area (Å²) >= 11 is 3.30. The summed E-state index contributed by atoms with van der Waals surface area (Å²) in [5.41, 5.74) is -0.592. The lowest BCUT2D eigenvalue weighted by molar-refractivity contribution is -0.135. The van der Waals surface area contributed by atoms with Gasteiger partial charge in [-0.1, -0.05) is 15.9 Å². The molecular formula is C20H21BrFNO5S. The zero-order valence-corrected chi connectivity index (χ0v) is 18.6. The van der Waals surface area contributed by atoms with Crippen LogP contribution >= 0.6 is 15.9 Å². The third-order valence-corrected chi connectivity index (χ3v) is 7.25. The first-order valence-electron chi connectivity index (χ1n) is 8.77. The van der Waals surface area contributed by atoms with Crippen molar-refractivity contribution in [3.63, 3.8) is 0 Å². The third kappa shape index (κ3) is 4.25. The summed E-state index contributed by atoms with van der Waals surface area (Å²) in [6, 6.07) is 9.44. The van der Waals surface area contributed by atoms with E-state index in [1.807, 2.05) is 0 Å². The second-order valence-corrected chi connectivity index (χ2v) is 10.1. The molecule has 0 spiro atoms. The molecule has 1 fully saturated rings. The van der Waals surface area contributed by atoms with Gasteiger partial charge in [0.15, 0.2) is 9.84 Å². The van der Waals surface area contributed by atoms with Crippen molar-refractivity contribution in [2.45, 2.75) is 19.0 Å². The van der Waals surface area contributed by atoms with E-state index in [1.165, 1.54) is 37.3 Å². The van der Waals surface area contributed by atoms with Crippen molar-refractivity contribution >= 4 is 31.7 Å². The van der Waals surface area contributed by atoms with Crippen molar-refractivity contribution in [3.8, 4) is 11.5 Å². The van der Waals surface area contributed by atoms with Crippen molar-refractivity contribution < 1.29 is 27.1 Å². The number of hydrogen-bond donors (Lipinski definition) is 0. The van der Waals surface area contributed by atoms with E-state index >= 15 is 0 Å². The molecule has 0 aromatic heterocycles. The molecule has 1 heterocycles. The summed E-state index contributed by atoms with van der Waals surface area (Å²) in [5.74, 6) is -1.08. The van der Waals surface area contributed by atoms with Crippen LogP contribution in [-0.2, 0) is 26.7 Å². The van der Waals surface area contributed by atoms with Crippen LogP contribution in [0.4, 0.5) is 4.39 Å². The fraction of sp³-hybridized carbons (Fsp3) is 0.350. The molecule has 156 valence electrons. The topological polar surface area (TPSA) is 72.9 Å². The molecule has 3 rings (SSSR count). The molecule has 1 amide bonds. The minimum Gasteiger partial charge on any atom is -0.497 e. The highest BCUT2D eigenvalue weighted by Crippen LogP contribution is 2.39. The zero-order valence-electron chi connectivity index (χ0n) is 16.2. The van der Waals surface area contributed by atoms with Gasteiger partial charge in [-0.2, -0.15) is 0 Å². The molecule has 29 heavy (non-hydrogen) atoms. The number of carbonyl (C=O) groups is 1. The number of amides is 1. The van der Waals surface area contributed by atoms with Crippen molar-refractivity contribution in [1.29, 1.82) is 0 Å². The van der Waals surface area contributed by atoms with E-state index in [1.54, 1.807) is 25.1 Å². The maximum absolute atomic E-state index is 14.7. The van der Waals surface area contributed by atoms with Crippen LogP contribution in [0.2, 0.25) is 0 Å². The number of methoxy groups -OCH3 is 2. The average Bonchev–Trinajstić information content (AvgIpc) is 2.65. The van der Waals surface area contributed by atoms with Gasteiger partial charge in [0.05, 0.1) is 32.1 Å². The lowest BCUT2D eigenvalue weighted by Gasteiger charge is -2.45. The Kier molecular flexibility index (Phi) is 5.91. The predicted octanol–water partition coefficient (Wildman–Crippen LogP) is 3.28. The SMILES string of the molecule is COc1ccc(CN2C(=O)CS(=O)(=O)C[C@@]2(C)c2cc(Br)ccc2F)c(OC)c1. The lowest BCUT2D eigenvalue weighted by atomic mass is 9.90. The Bertz CT molecular complexity index is 1060. The monoisotopic (exact) mass is 485 g/mol. The van der Waals surface area contributed by atoms with Gasteiger partial charge >= 0.3 is 0 Å². The highest BCUT2D eigenvalue weighted by Gasteiger charge is 2.48. The molecule has 0 unspecified atom stereocenters. The van der Waals surface area contributed by atoms with Crippen LogP contribution < -0.4 is 9.47 Å². The smallest absolute Gasteiger partial charge is 0.238 e. The number of carbonyl (C=O) groups excluding carboxylic acids is 1. The van der Waals surface area contributed by atoms with E-state index in [-0.39, 0.29) is 17.9 Å². The van der Waals surface area contributed by atoms with Crippen molar-refractivity contribution in [1.82, 2.24) is 4.90 Å². The molecule has 0 radical (unpaired) electrons. The average molecular weight is 486 g/mol. The van der Waals surface area contributed by atoms with Gasteiger partial charge in [0, 0.05) is 21.7 Å². The van der Waals surface area contributed by atoms with E-state index in [4.69, 9.17) is 9.47 Å². The van der Waals surface area contributed by atoms with E-state index in [2.05, 4.69) is 15.9 Å². The highest BCUT2D eigenvalue weighted by atomic mass is 79.9. The Hall–Kier alpha value is -2.13. The van der Waals surface area contributed by atoms with Gasteiger partial charge in [0.25, 0.3) is 0 Å². The first-order chi connectivity index (χ1) is 13.6. The Balaban J connectivity index is 2.12. The molecule has 2 aromatic carbocycles. The van der Waals surface area contributed by atoms with E-state index < -0.39 is 32.9 Å². The molecule has 1 atom stereocenters. The molecule has 0 bridgehead atoms. The number of ether oxygens (including phenoxy) is 2. The van der Waals surface area contributed by atoms with Crippen molar-refractivity contribution in [2.24, 2.45) is 0 Å². The number of halogens is 2. The molecule has 0 N–H and O–H groups in total. The standard InChI is InChI=1S/C20H21BrFNO5S/c1-20(16-8-14(21)5-7-17(16)22)12-29(25,26)11-19(24)23(20)10-13-4-6-15(27-2)9-18(13)28-3/h4-9H,10-12H2,1-3H3/t20-/m0/s1. The molecule has 0 aliphatic carbocycles. The summed E-state index contributed by atoms with van der Waals surface area (Å²) in [4.78, 5) is 14.3. The Labute approximate surface area is 177 Å². The minimum absolute atomic E-state index is 0.0595. The first kappa shape index (κ1) is 21.6. The molecule has 0 saturated carbocycles. The van der Waals surface area contributed by atoms with Crippen molar-refractivity contribution in [3.05, 3.63) is 57.8 Å². The van der Waals surface area contributed by atoms with Gasteiger partial charge < -0.3 is 14.4 Å². The fourth-order valence-electron chi connectivity index (χ4n) is 3.65. The van der Waals surface area contributed by atoms with Gasteiger partial charge in [-0.25, -0.2) is 12.8 Å². The van der Waals surface area contributed by atoms with Crippen LogP contribution in [0.25, 0.3) is 0 Å². The predicted molar refractivity (Wildman–Crippen MR) is 110 cm³/mol. The molecule has 2 aromatic rings. The number of benzene rings is 2. The summed E-state index contributed by atoms with van der Waals surface area (Å²) in [6.07, 6.45) is 0. The second-order valence-electron chi connectivity index (χ2n) is 7.09. The van der Waals surface area contributed by atoms with Gasteiger partial charge in [-0.3, -0.25) is 4.79 Å². The van der Waals surface area contributed by atoms with E-state index in [9.17, 15) is 17.6 Å². The summed E-state index contributed by atoms with van der Waals surface area (Å²) in [5, 5.41) is 0. The summed E-state index contributed by atoms with van der Waals surface area (Å²) in [6.45, 7) is 1.63. The van der Waals surface area contributed by atoms with Gasteiger partial charge in [-0.15, -0.1) is 0 Å². The lowest BCUT2D eigenvalue weighted by Crippen LogP contribution is -2.57. The third-order valence-electron chi connectivity index (χ3n) is 5.07. The van der Waals surface area contributed by atoms with Gasteiger partial charge in [-0.05, 0) is 37.3 Å². The number of rotatable bonds is 5. The van der Waals surface area contributed by atoms with E-state index in [0.29, 0.717) is 21.5 Å². The van der Waals surface area contributed by atoms with Crippen LogP contribution in [0.3, 0.4) is 0 Å². The van der Waals surface area contributed by atoms with Gasteiger partial charge in [0.1, 0.15) is 23.1 Å². The maximum Gasteiger partial charge on any atom is 0.238 e. The zero-order chi connectivity index (χ0) is 21.4. The normalized spacial score (nSPS) is 21.1. The largest absolute Gasteiger partial charge is 0.497 e. The molecule has 1 aliphatic rings. The fourth-order valence-corrected chi connectivity index (χ4v) is 5.81. The van der Waals surface area contributed by atoms with Crippen LogP contribution in [-0.4, -0.2) is 45.0 Å². The Morgan fingerprint density at radius 2 is 1.90 bits per heavy atom. The number of hydrogen-bond acceptors (Lipinski definition) is 5. The van der Waals surface area contributed by atoms with Crippen LogP contribution in [0, 0.1) is 5.82 Å². The Morgan fingerprint density at radius 3 is 2.55 bits per heavy atom. The first-order valence-corrected chi connectivity index (χ1v) is 11.4.